The Kier molecular flexibility index (Phi) is 4.58. The lowest BCUT2D eigenvalue weighted by Gasteiger charge is -2.28. The van der Waals surface area contributed by atoms with Gasteiger partial charge in [-0.2, -0.15) is 9.78 Å². The molecule has 0 saturated carbocycles. The number of fused-ring (bicyclic) bond motifs is 2. The number of benzene rings is 2. The zero-order valence-electron chi connectivity index (χ0n) is 16.9. The summed E-state index contributed by atoms with van der Waals surface area (Å²) >= 11 is 0. The van der Waals surface area contributed by atoms with E-state index in [1.807, 2.05) is 55.5 Å². The van der Waals surface area contributed by atoms with Crippen LogP contribution in [0.15, 0.2) is 53.3 Å². The van der Waals surface area contributed by atoms with Gasteiger partial charge in [-0.15, -0.1) is 0 Å². The van der Waals surface area contributed by atoms with Crippen molar-refractivity contribution < 1.29 is 9.47 Å². The first kappa shape index (κ1) is 18.8. The monoisotopic (exact) mass is 417 g/mol. The largest absolute Gasteiger partial charge is 0.497 e. The molecule has 1 aliphatic heterocycles. The first-order valence-corrected chi connectivity index (χ1v) is 9.74. The molecule has 0 radical (unpaired) electrons. The number of anilines is 2. The number of aromatic amines is 1. The molecule has 0 saturated heterocycles. The molecule has 0 fully saturated rings. The Bertz CT molecular complexity index is 1280. The van der Waals surface area contributed by atoms with Crippen LogP contribution in [0.5, 0.6) is 11.5 Å². The van der Waals surface area contributed by atoms with Crippen LogP contribution in [-0.2, 0) is 0 Å². The van der Waals surface area contributed by atoms with E-state index in [4.69, 9.17) is 9.47 Å². The van der Waals surface area contributed by atoms with Crippen molar-refractivity contribution in [3.63, 3.8) is 0 Å². The van der Waals surface area contributed by atoms with Crippen LogP contribution < -0.4 is 20.3 Å². The average Bonchev–Trinajstić information content (AvgIpc) is 3.28. The van der Waals surface area contributed by atoms with Crippen molar-refractivity contribution in [1.29, 1.82) is 0 Å². The van der Waals surface area contributed by atoms with Crippen LogP contribution in [0.4, 0.5) is 11.6 Å². The van der Waals surface area contributed by atoms with Gasteiger partial charge in [0.25, 0.3) is 5.56 Å². The number of hydrogen-bond acceptors (Lipinski definition) is 8. The van der Waals surface area contributed by atoms with E-state index in [9.17, 15) is 4.79 Å². The Hall–Kier alpha value is -4.21. The van der Waals surface area contributed by atoms with Gasteiger partial charge in [0.15, 0.2) is 0 Å². The summed E-state index contributed by atoms with van der Waals surface area (Å²) in [7, 11) is 1.61. The van der Waals surface area contributed by atoms with E-state index in [0.717, 1.165) is 22.6 Å². The summed E-state index contributed by atoms with van der Waals surface area (Å²) in [6.45, 7) is 2.51. The highest BCUT2D eigenvalue weighted by atomic mass is 16.5. The molecule has 156 valence electrons. The number of aromatic nitrogens is 6. The molecule has 5 rings (SSSR count). The maximum absolute atomic E-state index is 12.7. The van der Waals surface area contributed by atoms with Crippen LogP contribution in [0.1, 0.15) is 24.1 Å². The van der Waals surface area contributed by atoms with Crippen molar-refractivity contribution in [2.45, 2.75) is 13.0 Å². The third-order valence-corrected chi connectivity index (χ3v) is 5.14. The van der Waals surface area contributed by atoms with Gasteiger partial charge in [-0.25, -0.2) is 5.10 Å². The minimum Gasteiger partial charge on any atom is -0.497 e. The maximum atomic E-state index is 12.7. The van der Waals surface area contributed by atoms with Crippen LogP contribution in [-0.4, -0.2) is 44.1 Å². The average molecular weight is 417 g/mol. The van der Waals surface area contributed by atoms with Crippen molar-refractivity contribution in [3.8, 4) is 22.8 Å². The Morgan fingerprint density at radius 2 is 1.81 bits per heavy atom. The molecule has 31 heavy (non-hydrogen) atoms. The van der Waals surface area contributed by atoms with Gasteiger partial charge in [-0.3, -0.25) is 4.79 Å². The number of nitrogens with zero attached hydrogens (tertiary/aromatic N) is 5. The smallest absolute Gasteiger partial charge is 0.288 e. The third-order valence-electron chi connectivity index (χ3n) is 5.14. The molecule has 1 aliphatic rings. The van der Waals surface area contributed by atoms with E-state index in [-0.39, 0.29) is 5.56 Å². The van der Waals surface area contributed by atoms with E-state index in [0.29, 0.717) is 29.5 Å². The quantitative estimate of drug-likeness (QED) is 0.448. The van der Waals surface area contributed by atoms with Crippen molar-refractivity contribution >= 4 is 11.6 Å². The maximum Gasteiger partial charge on any atom is 0.288 e. The molecule has 0 bridgehead atoms. The van der Waals surface area contributed by atoms with Crippen LogP contribution in [0.25, 0.3) is 11.3 Å². The third kappa shape index (κ3) is 3.18. The fourth-order valence-corrected chi connectivity index (χ4v) is 3.73. The summed E-state index contributed by atoms with van der Waals surface area (Å²) in [5.74, 6) is 1.87. The van der Waals surface area contributed by atoms with Crippen molar-refractivity contribution in [2.75, 3.05) is 19.0 Å². The number of hydrogen-bond donors (Lipinski definition) is 2. The second-order valence-electron chi connectivity index (χ2n) is 6.90. The van der Waals surface area contributed by atoms with Gasteiger partial charge >= 0.3 is 0 Å². The molecule has 0 amide bonds. The molecule has 2 aromatic heterocycles. The van der Waals surface area contributed by atoms with Gasteiger partial charge in [0, 0.05) is 11.1 Å². The molecule has 0 unspecified atom stereocenters. The van der Waals surface area contributed by atoms with Crippen LogP contribution in [0, 0.1) is 0 Å². The molecule has 2 aromatic carbocycles. The minimum absolute atomic E-state index is 0.350. The van der Waals surface area contributed by atoms with Crippen molar-refractivity contribution in [3.05, 3.63) is 70.0 Å². The highest BCUT2D eigenvalue weighted by Gasteiger charge is 2.34. The van der Waals surface area contributed by atoms with E-state index in [1.54, 1.807) is 11.8 Å². The molecule has 10 heteroatoms. The first-order valence-electron chi connectivity index (χ1n) is 9.74. The fourth-order valence-electron chi connectivity index (χ4n) is 3.73. The van der Waals surface area contributed by atoms with E-state index >= 15 is 0 Å². The summed E-state index contributed by atoms with van der Waals surface area (Å²) in [4.78, 5) is 12.7. The van der Waals surface area contributed by atoms with Crippen LogP contribution >= 0.6 is 0 Å². The van der Waals surface area contributed by atoms with Gasteiger partial charge in [0.1, 0.15) is 23.2 Å². The number of tetrazole rings is 1. The molecule has 10 nitrogen and oxygen atoms in total. The summed E-state index contributed by atoms with van der Waals surface area (Å²) in [6, 6.07) is 14.7. The molecular formula is C21H19N7O3. The van der Waals surface area contributed by atoms with Crippen LogP contribution in [0.2, 0.25) is 0 Å². The van der Waals surface area contributed by atoms with Crippen molar-refractivity contribution in [1.82, 2.24) is 30.4 Å². The first-order chi connectivity index (χ1) is 15.2. The lowest BCUT2D eigenvalue weighted by molar-refractivity contribution is 0.340. The zero-order chi connectivity index (χ0) is 21.4. The van der Waals surface area contributed by atoms with Gasteiger partial charge in [0.2, 0.25) is 5.95 Å². The molecule has 0 aliphatic carbocycles. The summed E-state index contributed by atoms with van der Waals surface area (Å²) < 4.78 is 12.5. The normalized spacial score (nSPS) is 14.3. The molecule has 0 spiro atoms. The molecule has 2 N–H and O–H groups in total. The second-order valence-corrected chi connectivity index (χ2v) is 6.90. The predicted octanol–water partition coefficient (Wildman–Crippen LogP) is 2.53. The summed E-state index contributed by atoms with van der Waals surface area (Å²) in [5, 5.41) is 22.0. The molecule has 4 aromatic rings. The molecule has 3 heterocycles. The number of methoxy groups -OCH3 is 1. The number of ether oxygens (including phenoxy) is 2. The standard InChI is InChI=1S/C21H19N7O3/c1-3-31-15-10-6-13(7-11-15)19-16-17(12-4-8-14(30-2)9-5-12)23-24-20(29)18(16)22-21-25-26-27-28(19)21/h4-11,19H,3H2,1-2H3,(H,24,29)(H,22,25,27)/t19-/m1/s1. The highest BCUT2D eigenvalue weighted by Crippen LogP contribution is 2.41. The number of rotatable bonds is 5. The van der Waals surface area contributed by atoms with Crippen molar-refractivity contribution in [2.24, 2.45) is 0 Å². The van der Waals surface area contributed by atoms with Gasteiger partial charge in [0.05, 0.1) is 19.4 Å². The Morgan fingerprint density at radius 3 is 2.52 bits per heavy atom. The molecular weight excluding hydrogens is 398 g/mol. The Labute approximate surface area is 176 Å². The van der Waals surface area contributed by atoms with E-state index in [1.165, 1.54) is 0 Å². The highest BCUT2D eigenvalue weighted by molar-refractivity contribution is 5.75. The fraction of sp³-hybridized carbons (Fsp3) is 0.190. The Morgan fingerprint density at radius 1 is 1.06 bits per heavy atom. The lowest BCUT2D eigenvalue weighted by atomic mass is 9.92. The lowest BCUT2D eigenvalue weighted by Crippen LogP contribution is -2.29. The number of nitrogens with one attached hydrogen (secondary N) is 2. The van der Waals surface area contributed by atoms with E-state index in [2.05, 4.69) is 31.0 Å². The second kappa shape index (κ2) is 7.56. The van der Waals surface area contributed by atoms with Crippen LogP contribution in [0.3, 0.4) is 0 Å². The topological polar surface area (TPSA) is 120 Å². The predicted molar refractivity (Wildman–Crippen MR) is 113 cm³/mol. The Balaban J connectivity index is 1.72. The number of H-pyrrole nitrogens is 1. The van der Waals surface area contributed by atoms with Gasteiger partial charge < -0.3 is 14.8 Å². The SMILES string of the molecule is CCOc1ccc([C@@H]2c3c(-c4ccc(OC)cc4)n[nH]c(=O)c3Nc3nnnn32)cc1. The van der Waals surface area contributed by atoms with Gasteiger partial charge in [-0.05, 0) is 59.3 Å². The van der Waals surface area contributed by atoms with Gasteiger partial charge in [-0.1, -0.05) is 17.2 Å². The zero-order valence-corrected chi connectivity index (χ0v) is 16.9. The summed E-state index contributed by atoms with van der Waals surface area (Å²) in [6.07, 6.45) is 0. The van der Waals surface area contributed by atoms with E-state index < -0.39 is 6.04 Å². The molecule has 1 atom stereocenters. The minimum atomic E-state index is -0.455. The summed E-state index contributed by atoms with van der Waals surface area (Å²) in [5.41, 5.74) is 3.02.